The smallest absolute Gasteiger partial charge is 0.167 e. The number of oxime groups is 1. The molecule has 4 nitrogen and oxygen atoms in total. The summed E-state index contributed by atoms with van der Waals surface area (Å²) < 4.78 is 6.15. The van der Waals surface area contributed by atoms with Gasteiger partial charge in [-0.2, -0.15) is 0 Å². The molecule has 2 heterocycles. The number of hydrogen-bond donors (Lipinski definition) is 1. The molecule has 66 valence electrons. The minimum Gasteiger partial charge on any atom is -0.452 e. The number of nitrogens with zero attached hydrogens (tertiary/aromatic N) is 2. The lowest BCUT2D eigenvalue weighted by atomic mass is 10.4. The van der Waals surface area contributed by atoms with Crippen molar-refractivity contribution in [1.29, 1.82) is 0 Å². The zero-order chi connectivity index (χ0) is 9.26. The van der Waals surface area contributed by atoms with Crippen molar-refractivity contribution in [2.45, 2.75) is 0 Å². The molecule has 2 aromatic heterocycles. The molecule has 0 saturated heterocycles. The fourth-order valence-electron chi connectivity index (χ4n) is 1.05. The maximum atomic E-state index is 8.29. The molecule has 0 fully saturated rings. The van der Waals surface area contributed by atoms with Crippen molar-refractivity contribution < 1.29 is 9.62 Å². The number of furan rings is 1. The Hall–Kier alpha value is -1.36. The average molecular weight is 241 g/mol. The van der Waals surface area contributed by atoms with Gasteiger partial charge in [0.05, 0.1) is 4.47 Å². The third-order valence-electron chi connectivity index (χ3n) is 1.57. The molecule has 2 aromatic rings. The molecule has 0 bridgehead atoms. The largest absolute Gasteiger partial charge is 0.452 e. The van der Waals surface area contributed by atoms with E-state index in [0.717, 1.165) is 9.99 Å². The summed E-state index contributed by atoms with van der Waals surface area (Å²) in [6.07, 6.45) is 2.88. The average Bonchev–Trinajstić information content (AvgIpc) is 2.49. The van der Waals surface area contributed by atoms with E-state index in [1.165, 1.54) is 6.21 Å². The van der Waals surface area contributed by atoms with Crippen LogP contribution in [0.15, 0.2) is 32.4 Å². The molecule has 0 aliphatic rings. The normalized spacial score (nSPS) is 11.5. The molecule has 0 aliphatic heterocycles. The summed E-state index contributed by atoms with van der Waals surface area (Å²) in [7, 11) is 0. The van der Waals surface area contributed by atoms with E-state index in [1.54, 1.807) is 18.3 Å². The van der Waals surface area contributed by atoms with Crippen molar-refractivity contribution in [2.24, 2.45) is 5.16 Å². The summed E-state index contributed by atoms with van der Waals surface area (Å²) in [5.74, 6) is 0.469. The highest BCUT2D eigenvalue weighted by Gasteiger charge is 2.05. The van der Waals surface area contributed by atoms with E-state index < -0.39 is 0 Å². The fourth-order valence-corrected chi connectivity index (χ4v) is 1.45. The molecule has 0 unspecified atom stereocenters. The molecule has 0 aromatic carbocycles. The Balaban J connectivity index is 2.68. The summed E-state index contributed by atoms with van der Waals surface area (Å²) in [5.41, 5.74) is 1.38. The number of halogens is 1. The Morgan fingerprint density at radius 2 is 2.46 bits per heavy atom. The SMILES string of the molecule is ON=Cc1cc2nccc(Br)c2o1. The van der Waals surface area contributed by atoms with Gasteiger partial charge in [0, 0.05) is 12.3 Å². The van der Waals surface area contributed by atoms with Crippen LogP contribution in [0.25, 0.3) is 11.1 Å². The number of hydrogen-bond acceptors (Lipinski definition) is 4. The summed E-state index contributed by atoms with van der Waals surface area (Å²) in [6, 6.07) is 3.48. The Labute approximate surface area is 82.0 Å². The molecule has 0 radical (unpaired) electrons. The van der Waals surface area contributed by atoms with Crippen LogP contribution in [0.2, 0.25) is 0 Å². The van der Waals surface area contributed by atoms with E-state index >= 15 is 0 Å². The first-order chi connectivity index (χ1) is 6.31. The van der Waals surface area contributed by atoms with Crippen LogP contribution in [-0.4, -0.2) is 16.4 Å². The highest BCUT2D eigenvalue weighted by molar-refractivity contribution is 9.10. The van der Waals surface area contributed by atoms with Gasteiger partial charge in [-0.1, -0.05) is 5.16 Å². The summed E-state index contributed by atoms with van der Waals surface area (Å²) >= 11 is 3.32. The number of pyridine rings is 1. The molecule has 1 N–H and O–H groups in total. The standard InChI is InChI=1S/C8H5BrN2O2/c9-6-1-2-10-7-3-5(4-11-12)13-8(6)7/h1-4,12H. The molecule has 2 rings (SSSR count). The second kappa shape index (κ2) is 3.18. The molecule has 0 spiro atoms. The molecular formula is C8H5BrN2O2. The highest BCUT2D eigenvalue weighted by atomic mass is 79.9. The van der Waals surface area contributed by atoms with Crippen LogP contribution < -0.4 is 0 Å². The van der Waals surface area contributed by atoms with E-state index in [2.05, 4.69) is 26.1 Å². The zero-order valence-corrected chi connectivity index (χ0v) is 8.02. The quantitative estimate of drug-likeness (QED) is 0.473. The van der Waals surface area contributed by atoms with E-state index in [4.69, 9.17) is 9.62 Å². The summed E-state index contributed by atoms with van der Waals surface area (Å²) in [5, 5.41) is 11.2. The van der Waals surface area contributed by atoms with Gasteiger partial charge < -0.3 is 9.62 Å². The monoisotopic (exact) mass is 240 g/mol. The van der Waals surface area contributed by atoms with E-state index in [0.29, 0.717) is 11.3 Å². The predicted molar refractivity (Wildman–Crippen MR) is 51.1 cm³/mol. The Kier molecular flexibility index (Phi) is 2.02. The molecule has 5 heteroatoms. The first-order valence-corrected chi connectivity index (χ1v) is 4.32. The van der Waals surface area contributed by atoms with Crippen molar-refractivity contribution >= 4 is 33.2 Å². The van der Waals surface area contributed by atoms with E-state index in [-0.39, 0.29) is 0 Å². The van der Waals surface area contributed by atoms with Crippen LogP contribution in [0.5, 0.6) is 0 Å². The van der Waals surface area contributed by atoms with Gasteiger partial charge in [0.25, 0.3) is 0 Å². The van der Waals surface area contributed by atoms with Crippen molar-refractivity contribution in [2.75, 3.05) is 0 Å². The van der Waals surface area contributed by atoms with Gasteiger partial charge in [-0.3, -0.25) is 4.98 Å². The molecule has 0 atom stereocenters. The second-order valence-corrected chi connectivity index (χ2v) is 3.25. The van der Waals surface area contributed by atoms with Crippen molar-refractivity contribution in [3.63, 3.8) is 0 Å². The Morgan fingerprint density at radius 3 is 3.15 bits per heavy atom. The molecule has 13 heavy (non-hydrogen) atoms. The van der Waals surface area contributed by atoms with Crippen LogP contribution in [0.1, 0.15) is 5.76 Å². The van der Waals surface area contributed by atoms with Gasteiger partial charge in [0.15, 0.2) is 11.3 Å². The summed E-state index contributed by atoms with van der Waals surface area (Å²) in [6.45, 7) is 0. The number of fused-ring (bicyclic) bond motifs is 1. The Morgan fingerprint density at radius 1 is 1.62 bits per heavy atom. The highest BCUT2D eigenvalue weighted by Crippen LogP contribution is 2.24. The third kappa shape index (κ3) is 1.42. The molecule has 0 amide bonds. The van der Waals surface area contributed by atoms with Crippen LogP contribution in [-0.2, 0) is 0 Å². The minimum absolute atomic E-state index is 0.469. The van der Waals surface area contributed by atoms with Gasteiger partial charge in [-0.15, -0.1) is 0 Å². The molecular weight excluding hydrogens is 236 g/mol. The maximum Gasteiger partial charge on any atom is 0.167 e. The number of rotatable bonds is 1. The van der Waals surface area contributed by atoms with E-state index in [9.17, 15) is 0 Å². The minimum atomic E-state index is 0.469. The van der Waals surface area contributed by atoms with Gasteiger partial charge >= 0.3 is 0 Å². The molecule has 0 aliphatic carbocycles. The summed E-state index contributed by atoms with van der Waals surface area (Å²) in [4.78, 5) is 4.08. The van der Waals surface area contributed by atoms with E-state index in [1.807, 2.05) is 0 Å². The van der Waals surface area contributed by atoms with Crippen LogP contribution in [0, 0.1) is 0 Å². The first-order valence-electron chi connectivity index (χ1n) is 3.53. The molecule has 0 saturated carbocycles. The lowest BCUT2D eigenvalue weighted by molar-refractivity contribution is 0.321. The van der Waals surface area contributed by atoms with Gasteiger partial charge in [-0.05, 0) is 22.0 Å². The van der Waals surface area contributed by atoms with Crippen molar-refractivity contribution in [3.8, 4) is 0 Å². The lowest BCUT2D eigenvalue weighted by Crippen LogP contribution is -1.71. The third-order valence-corrected chi connectivity index (χ3v) is 2.19. The van der Waals surface area contributed by atoms with Gasteiger partial charge in [0.1, 0.15) is 11.7 Å². The van der Waals surface area contributed by atoms with Crippen molar-refractivity contribution in [1.82, 2.24) is 4.98 Å². The van der Waals surface area contributed by atoms with Crippen LogP contribution in [0.3, 0.4) is 0 Å². The van der Waals surface area contributed by atoms with Crippen molar-refractivity contribution in [3.05, 3.63) is 28.6 Å². The predicted octanol–water partition coefficient (Wildman–Crippen LogP) is 2.40. The van der Waals surface area contributed by atoms with Gasteiger partial charge in [-0.25, -0.2) is 0 Å². The fraction of sp³-hybridized carbons (Fsp3) is 0. The lowest BCUT2D eigenvalue weighted by Gasteiger charge is -1.88. The topological polar surface area (TPSA) is 58.6 Å². The van der Waals surface area contributed by atoms with Crippen LogP contribution >= 0.6 is 15.9 Å². The van der Waals surface area contributed by atoms with Crippen LogP contribution in [0.4, 0.5) is 0 Å². The number of aromatic nitrogens is 1. The second-order valence-electron chi connectivity index (χ2n) is 2.40. The first kappa shape index (κ1) is 8.25. The zero-order valence-electron chi connectivity index (χ0n) is 6.44. The van der Waals surface area contributed by atoms with Gasteiger partial charge in [0.2, 0.25) is 0 Å². The Bertz CT molecular complexity index is 464. The maximum absolute atomic E-state index is 8.29.